The zero-order valence-corrected chi connectivity index (χ0v) is 24.0. The molecule has 1 aliphatic heterocycles. The van der Waals surface area contributed by atoms with Crippen LogP contribution in [-0.2, 0) is 33.8 Å². The second-order valence-corrected chi connectivity index (χ2v) is 11.4. The minimum Gasteiger partial charge on any atom is -0.497 e. The number of anilines is 2. The van der Waals surface area contributed by atoms with Crippen LogP contribution in [0.15, 0.2) is 89.8 Å². The van der Waals surface area contributed by atoms with Gasteiger partial charge in [-0.25, -0.2) is 0 Å². The fourth-order valence-electron chi connectivity index (χ4n) is 4.72. The SMILES string of the molecule is COc1ccc(CNc2cc(CCOS(=O)(=O)c3ccc(C)cc3)ccc2N2Cc3cc(OC)ccc3C2=O)cc1. The van der Waals surface area contributed by atoms with Crippen LogP contribution in [-0.4, -0.2) is 35.2 Å². The van der Waals surface area contributed by atoms with Gasteiger partial charge in [-0.15, -0.1) is 0 Å². The van der Waals surface area contributed by atoms with Gasteiger partial charge in [-0.1, -0.05) is 35.9 Å². The molecule has 0 unspecified atom stereocenters. The predicted octanol–water partition coefficient (Wildman–Crippen LogP) is 5.73. The molecule has 0 fully saturated rings. The molecule has 1 N–H and O–H groups in total. The number of rotatable bonds is 11. The zero-order valence-electron chi connectivity index (χ0n) is 23.2. The van der Waals surface area contributed by atoms with Gasteiger partial charge in [-0.3, -0.25) is 8.98 Å². The number of fused-ring (bicyclic) bond motifs is 1. The van der Waals surface area contributed by atoms with Gasteiger partial charge < -0.3 is 19.7 Å². The fourth-order valence-corrected chi connectivity index (χ4v) is 5.63. The summed E-state index contributed by atoms with van der Waals surface area (Å²) >= 11 is 0. The van der Waals surface area contributed by atoms with E-state index >= 15 is 0 Å². The van der Waals surface area contributed by atoms with Crippen molar-refractivity contribution in [3.05, 3.63) is 113 Å². The number of hydrogen-bond donors (Lipinski definition) is 1. The molecule has 9 heteroatoms. The number of nitrogens with one attached hydrogen (secondary N) is 1. The second kappa shape index (κ2) is 12.0. The normalized spacial score (nSPS) is 12.8. The van der Waals surface area contributed by atoms with Gasteiger partial charge in [-0.05, 0) is 84.6 Å². The molecule has 8 nitrogen and oxygen atoms in total. The Balaban J connectivity index is 1.36. The van der Waals surface area contributed by atoms with Gasteiger partial charge in [-0.2, -0.15) is 8.42 Å². The first-order chi connectivity index (χ1) is 19.8. The lowest BCUT2D eigenvalue weighted by molar-refractivity contribution is 0.0996. The molecule has 1 aliphatic rings. The fraction of sp³-hybridized carbons (Fsp3) is 0.219. The number of aryl methyl sites for hydroxylation is 1. The Hall–Kier alpha value is -4.34. The van der Waals surface area contributed by atoms with Crippen LogP contribution in [0.25, 0.3) is 0 Å². The molecule has 0 bridgehead atoms. The smallest absolute Gasteiger partial charge is 0.296 e. The van der Waals surface area contributed by atoms with Gasteiger partial charge >= 0.3 is 0 Å². The Morgan fingerprint density at radius 3 is 2.22 bits per heavy atom. The highest BCUT2D eigenvalue weighted by molar-refractivity contribution is 7.86. The average molecular weight is 573 g/mol. The van der Waals surface area contributed by atoms with Gasteiger partial charge in [0, 0.05) is 12.1 Å². The highest BCUT2D eigenvalue weighted by Crippen LogP contribution is 2.36. The Kier molecular flexibility index (Phi) is 8.28. The molecule has 0 aliphatic carbocycles. The predicted molar refractivity (Wildman–Crippen MR) is 158 cm³/mol. The van der Waals surface area contributed by atoms with Crippen molar-refractivity contribution in [2.75, 3.05) is 31.0 Å². The average Bonchev–Trinajstić information content (AvgIpc) is 3.31. The summed E-state index contributed by atoms with van der Waals surface area (Å²) < 4.78 is 41.2. The summed E-state index contributed by atoms with van der Waals surface area (Å²) in [4.78, 5) is 15.2. The third kappa shape index (κ3) is 6.37. The third-order valence-electron chi connectivity index (χ3n) is 7.05. The third-order valence-corrected chi connectivity index (χ3v) is 8.38. The molecule has 4 aromatic rings. The number of carbonyl (C=O) groups excluding carboxylic acids is 1. The Labute approximate surface area is 240 Å². The summed E-state index contributed by atoms with van der Waals surface area (Å²) in [6, 6.07) is 25.5. The molecular weight excluding hydrogens is 540 g/mol. The van der Waals surface area contributed by atoms with E-state index < -0.39 is 10.1 Å². The van der Waals surface area contributed by atoms with Crippen molar-refractivity contribution in [2.45, 2.75) is 31.3 Å². The van der Waals surface area contributed by atoms with Crippen LogP contribution in [0.3, 0.4) is 0 Å². The number of amides is 1. The van der Waals surface area contributed by atoms with Crippen molar-refractivity contribution >= 4 is 27.4 Å². The first-order valence-corrected chi connectivity index (χ1v) is 14.6. The maximum absolute atomic E-state index is 13.4. The first kappa shape index (κ1) is 28.2. The largest absolute Gasteiger partial charge is 0.497 e. The van der Waals surface area contributed by atoms with E-state index in [-0.39, 0.29) is 17.4 Å². The lowest BCUT2D eigenvalue weighted by Gasteiger charge is -2.22. The minimum absolute atomic E-state index is 0.0125. The highest BCUT2D eigenvalue weighted by atomic mass is 32.2. The van der Waals surface area contributed by atoms with E-state index in [1.807, 2.05) is 55.5 Å². The van der Waals surface area contributed by atoms with E-state index in [9.17, 15) is 13.2 Å². The Bertz CT molecular complexity index is 1650. The monoisotopic (exact) mass is 572 g/mol. The van der Waals surface area contributed by atoms with Crippen molar-refractivity contribution in [3.63, 3.8) is 0 Å². The number of methoxy groups -OCH3 is 2. The van der Waals surface area contributed by atoms with Crippen LogP contribution >= 0.6 is 0 Å². The molecule has 0 spiro atoms. The van der Waals surface area contributed by atoms with Crippen LogP contribution in [0.2, 0.25) is 0 Å². The molecule has 1 amide bonds. The Morgan fingerprint density at radius 2 is 1.51 bits per heavy atom. The zero-order chi connectivity index (χ0) is 29.0. The van der Waals surface area contributed by atoms with Crippen LogP contribution < -0.4 is 19.7 Å². The lowest BCUT2D eigenvalue weighted by atomic mass is 10.1. The van der Waals surface area contributed by atoms with E-state index in [1.54, 1.807) is 55.5 Å². The molecule has 212 valence electrons. The number of hydrogen-bond acceptors (Lipinski definition) is 7. The van der Waals surface area contributed by atoms with Crippen molar-refractivity contribution in [3.8, 4) is 11.5 Å². The van der Waals surface area contributed by atoms with E-state index in [0.29, 0.717) is 30.8 Å². The van der Waals surface area contributed by atoms with Gasteiger partial charge in [0.15, 0.2) is 0 Å². The molecule has 0 radical (unpaired) electrons. The van der Waals surface area contributed by atoms with Gasteiger partial charge in [0.25, 0.3) is 16.0 Å². The summed E-state index contributed by atoms with van der Waals surface area (Å²) in [7, 11) is -0.634. The molecule has 0 aromatic heterocycles. The summed E-state index contributed by atoms with van der Waals surface area (Å²) in [6.45, 7) is 2.81. The molecule has 41 heavy (non-hydrogen) atoms. The summed E-state index contributed by atoms with van der Waals surface area (Å²) in [5.74, 6) is 1.38. The van der Waals surface area contributed by atoms with Crippen molar-refractivity contribution < 1.29 is 26.9 Å². The minimum atomic E-state index is -3.86. The quantitative estimate of drug-likeness (QED) is 0.229. The van der Waals surface area contributed by atoms with Gasteiger partial charge in [0.2, 0.25) is 0 Å². The van der Waals surface area contributed by atoms with Crippen LogP contribution in [0.1, 0.15) is 32.6 Å². The van der Waals surface area contributed by atoms with Crippen molar-refractivity contribution in [2.24, 2.45) is 0 Å². The summed E-state index contributed by atoms with van der Waals surface area (Å²) in [5.41, 5.74) is 5.91. The molecule has 0 saturated heterocycles. The highest BCUT2D eigenvalue weighted by Gasteiger charge is 2.30. The van der Waals surface area contributed by atoms with Crippen molar-refractivity contribution in [1.29, 1.82) is 0 Å². The van der Waals surface area contributed by atoms with E-state index in [1.165, 1.54) is 0 Å². The van der Waals surface area contributed by atoms with Crippen molar-refractivity contribution in [1.82, 2.24) is 0 Å². The second-order valence-electron chi connectivity index (χ2n) is 9.81. The van der Waals surface area contributed by atoms with E-state index in [0.717, 1.165) is 39.4 Å². The summed E-state index contributed by atoms with van der Waals surface area (Å²) in [5, 5.41) is 3.47. The number of nitrogens with zero attached hydrogens (tertiary/aromatic N) is 1. The Morgan fingerprint density at radius 1 is 0.829 bits per heavy atom. The molecule has 0 atom stereocenters. The standard InChI is InChI=1S/C32H32N2O6S/c1-22-4-12-28(13-5-22)41(36,37)40-17-16-23-8-15-31(30(18-23)33-20-24-6-9-26(38-2)10-7-24)34-21-25-19-27(39-3)11-14-29(25)32(34)35/h4-15,18-19,33H,16-17,20-21H2,1-3H3. The topological polar surface area (TPSA) is 94.2 Å². The number of benzene rings is 4. The van der Waals surface area contributed by atoms with E-state index in [2.05, 4.69) is 5.32 Å². The maximum atomic E-state index is 13.4. The number of carbonyl (C=O) groups is 1. The number of ether oxygens (including phenoxy) is 2. The van der Waals surface area contributed by atoms with E-state index in [4.69, 9.17) is 13.7 Å². The van der Waals surface area contributed by atoms with Crippen LogP contribution in [0.5, 0.6) is 11.5 Å². The molecule has 0 saturated carbocycles. The van der Waals surface area contributed by atoms with Gasteiger partial charge in [0.05, 0.1) is 43.6 Å². The lowest BCUT2D eigenvalue weighted by Crippen LogP contribution is -2.24. The van der Waals surface area contributed by atoms with Crippen LogP contribution in [0.4, 0.5) is 11.4 Å². The first-order valence-electron chi connectivity index (χ1n) is 13.2. The molecule has 5 rings (SSSR count). The summed E-state index contributed by atoms with van der Waals surface area (Å²) in [6.07, 6.45) is 0.369. The molecule has 1 heterocycles. The molecular formula is C32H32N2O6S. The van der Waals surface area contributed by atoms with Crippen LogP contribution in [0, 0.1) is 6.92 Å². The van der Waals surface area contributed by atoms with Gasteiger partial charge in [0.1, 0.15) is 11.5 Å². The maximum Gasteiger partial charge on any atom is 0.296 e. The molecule has 4 aromatic carbocycles.